The summed E-state index contributed by atoms with van der Waals surface area (Å²) >= 11 is 0. The predicted octanol–water partition coefficient (Wildman–Crippen LogP) is 3.33. The van der Waals surface area contributed by atoms with Crippen LogP contribution < -0.4 is 11.3 Å². The average molecular weight is 220 g/mol. The molecule has 3 N–H and O–H groups in total. The van der Waals surface area contributed by atoms with Crippen LogP contribution in [0.3, 0.4) is 0 Å². The third-order valence-electron chi connectivity index (χ3n) is 3.10. The minimum absolute atomic E-state index is 0.280. The van der Waals surface area contributed by atoms with Crippen molar-refractivity contribution in [1.82, 2.24) is 5.43 Å². The molecule has 0 aliphatic carbocycles. The Morgan fingerprint density at radius 3 is 2.38 bits per heavy atom. The second kappa shape index (κ2) is 6.66. The lowest BCUT2D eigenvalue weighted by Gasteiger charge is -2.20. The molecule has 2 nitrogen and oxygen atoms in total. The Kier molecular flexibility index (Phi) is 5.50. The van der Waals surface area contributed by atoms with Crippen LogP contribution >= 0.6 is 0 Å². The summed E-state index contributed by atoms with van der Waals surface area (Å²) in [5.41, 5.74) is 5.51. The van der Waals surface area contributed by atoms with Gasteiger partial charge in [-0.25, -0.2) is 0 Å². The summed E-state index contributed by atoms with van der Waals surface area (Å²) in [6.07, 6.45) is 3.61. The molecule has 2 atom stereocenters. The number of hydrogen-bond acceptors (Lipinski definition) is 2. The largest absolute Gasteiger partial charge is 0.271 e. The lowest BCUT2D eigenvalue weighted by molar-refractivity contribution is 0.394. The zero-order chi connectivity index (χ0) is 12.0. The molecule has 0 radical (unpaired) electrons. The molecule has 2 heteroatoms. The van der Waals surface area contributed by atoms with Gasteiger partial charge in [0, 0.05) is 6.04 Å². The van der Waals surface area contributed by atoms with Gasteiger partial charge < -0.3 is 0 Å². The standard InChI is InChI=1S/C14H24N2/c1-4-5-12(3)10-14(16-15)13-8-6-11(2)7-9-13/h6-9,12,14,16H,4-5,10,15H2,1-3H3. The van der Waals surface area contributed by atoms with Crippen molar-refractivity contribution in [1.29, 1.82) is 0 Å². The van der Waals surface area contributed by atoms with Gasteiger partial charge in [0.05, 0.1) is 0 Å². The lowest BCUT2D eigenvalue weighted by atomic mass is 9.93. The minimum Gasteiger partial charge on any atom is -0.271 e. The number of hydrogen-bond donors (Lipinski definition) is 2. The number of nitrogens with two attached hydrogens (primary N) is 1. The molecule has 0 amide bonds. The monoisotopic (exact) mass is 220 g/mol. The van der Waals surface area contributed by atoms with Crippen LogP contribution in [0.1, 0.15) is 50.3 Å². The Bertz CT molecular complexity index is 292. The molecular weight excluding hydrogens is 196 g/mol. The molecule has 0 aromatic heterocycles. The van der Waals surface area contributed by atoms with Gasteiger partial charge in [0.25, 0.3) is 0 Å². The van der Waals surface area contributed by atoms with E-state index in [2.05, 4.69) is 50.5 Å². The maximum atomic E-state index is 5.64. The fourth-order valence-electron chi connectivity index (χ4n) is 2.11. The molecule has 1 aromatic carbocycles. The van der Waals surface area contributed by atoms with Crippen molar-refractivity contribution in [2.45, 2.75) is 46.1 Å². The highest BCUT2D eigenvalue weighted by Gasteiger charge is 2.13. The van der Waals surface area contributed by atoms with Gasteiger partial charge in [-0.05, 0) is 24.8 Å². The van der Waals surface area contributed by atoms with Crippen molar-refractivity contribution in [2.24, 2.45) is 11.8 Å². The molecule has 0 aliphatic heterocycles. The molecule has 0 saturated carbocycles. The van der Waals surface area contributed by atoms with Gasteiger partial charge in [-0.3, -0.25) is 11.3 Å². The van der Waals surface area contributed by atoms with Crippen molar-refractivity contribution < 1.29 is 0 Å². The smallest absolute Gasteiger partial charge is 0.0462 e. The zero-order valence-corrected chi connectivity index (χ0v) is 10.7. The van der Waals surface area contributed by atoms with E-state index in [1.807, 2.05) is 0 Å². The van der Waals surface area contributed by atoms with E-state index >= 15 is 0 Å². The van der Waals surface area contributed by atoms with Crippen LogP contribution in [0.2, 0.25) is 0 Å². The second-order valence-electron chi connectivity index (χ2n) is 4.76. The van der Waals surface area contributed by atoms with Crippen LogP contribution in [0.4, 0.5) is 0 Å². The highest BCUT2D eigenvalue weighted by atomic mass is 15.2. The first-order valence-corrected chi connectivity index (χ1v) is 6.20. The Morgan fingerprint density at radius 2 is 1.88 bits per heavy atom. The first-order valence-electron chi connectivity index (χ1n) is 6.20. The molecule has 1 rings (SSSR count). The van der Waals surface area contributed by atoms with Crippen molar-refractivity contribution in [3.63, 3.8) is 0 Å². The molecule has 0 aliphatic rings. The number of aryl methyl sites for hydroxylation is 1. The van der Waals surface area contributed by atoms with E-state index in [0.717, 1.165) is 6.42 Å². The maximum Gasteiger partial charge on any atom is 0.0462 e. The van der Waals surface area contributed by atoms with E-state index in [9.17, 15) is 0 Å². The van der Waals surface area contributed by atoms with E-state index < -0.39 is 0 Å². The molecule has 0 heterocycles. The van der Waals surface area contributed by atoms with E-state index in [1.54, 1.807) is 0 Å². The third-order valence-corrected chi connectivity index (χ3v) is 3.10. The Hall–Kier alpha value is -0.860. The molecular formula is C14H24N2. The number of hydrazine groups is 1. The fraction of sp³-hybridized carbons (Fsp3) is 0.571. The van der Waals surface area contributed by atoms with Crippen LogP contribution in [-0.2, 0) is 0 Å². The number of nitrogens with one attached hydrogen (secondary N) is 1. The quantitative estimate of drug-likeness (QED) is 0.570. The number of rotatable bonds is 6. The topological polar surface area (TPSA) is 38.0 Å². The van der Waals surface area contributed by atoms with Gasteiger partial charge in [-0.2, -0.15) is 0 Å². The normalized spacial score (nSPS) is 14.8. The Morgan fingerprint density at radius 1 is 1.25 bits per heavy atom. The van der Waals surface area contributed by atoms with E-state index in [0.29, 0.717) is 5.92 Å². The molecule has 90 valence electrons. The van der Waals surface area contributed by atoms with E-state index in [1.165, 1.54) is 24.0 Å². The minimum atomic E-state index is 0.280. The van der Waals surface area contributed by atoms with Gasteiger partial charge in [-0.1, -0.05) is 56.5 Å². The molecule has 16 heavy (non-hydrogen) atoms. The van der Waals surface area contributed by atoms with Crippen molar-refractivity contribution in [3.8, 4) is 0 Å². The fourth-order valence-corrected chi connectivity index (χ4v) is 2.11. The van der Waals surface area contributed by atoms with Crippen LogP contribution in [0.15, 0.2) is 24.3 Å². The third kappa shape index (κ3) is 3.95. The summed E-state index contributed by atoms with van der Waals surface area (Å²) in [4.78, 5) is 0. The summed E-state index contributed by atoms with van der Waals surface area (Å²) < 4.78 is 0. The van der Waals surface area contributed by atoms with Crippen molar-refractivity contribution in [3.05, 3.63) is 35.4 Å². The summed E-state index contributed by atoms with van der Waals surface area (Å²) in [6, 6.07) is 8.90. The molecule has 0 saturated heterocycles. The molecule has 0 fully saturated rings. The van der Waals surface area contributed by atoms with E-state index in [-0.39, 0.29) is 6.04 Å². The first-order chi connectivity index (χ1) is 7.67. The Balaban J connectivity index is 2.63. The van der Waals surface area contributed by atoms with E-state index in [4.69, 9.17) is 5.84 Å². The van der Waals surface area contributed by atoms with Gasteiger partial charge in [0.2, 0.25) is 0 Å². The van der Waals surface area contributed by atoms with Gasteiger partial charge in [0.1, 0.15) is 0 Å². The van der Waals surface area contributed by atoms with Crippen LogP contribution in [0, 0.1) is 12.8 Å². The molecule has 2 unspecified atom stereocenters. The van der Waals surface area contributed by atoms with Gasteiger partial charge >= 0.3 is 0 Å². The zero-order valence-electron chi connectivity index (χ0n) is 10.7. The summed E-state index contributed by atoms with van der Waals surface area (Å²) in [5.74, 6) is 6.35. The highest BCUT2D eigenvalue weighted by molar-refractivity contribution is 5.24. The summed E-state index contributed by atoms with van der Waals surface area (Å²) in [7, 11) is 0. The maximum absolute atomic E-state index is 5.64. The highest BCUT2D eigenvalue weighted by Crippen LogP contribution is 2.23. The van der Waals surface area contributed by atoms with Crippen LogP contribution in [-0.4, -0.2) is 0 Å². The molecule has 1 aromatic rings. The van der Waals surface area contributed by atoms with Gasteiger partial charge in [-0.15, -0.1) is 0 Å². The first kappa shape index (κ1) is 13.2. The van der Waals surface area contributed by atoms with Crippen LogP contribution in [0.5, 0.6) is 0 Å². The predicted molar refractivity (Wildman–Crippen MR) is 69.9 cm³/mol. The molecule has 0 bridgehead atoms. The SMILES string of the molecule is CCCC(C)CC(NN)c1ccc(C)cc1. The summed E-state index contributed by atoms with van der Waals surface area (Å²) in [5, 5.41) is 0. The average Bonchev–Trinajstić information content (AvgIpc) is 2.27. The summed E-state index contributed by atoms with van der Waals surface area (Å²) in [6.45, 7) is 6.63. The van der Waals surface area contributed by atoms with Crippen LogP contribution in [0.25, 0.3) is 0 Å². The van der Waals surface area contributed by atoms with Crippen molar-refractivity contribution in [2.75, 3.05) is 0 Å². The molecule has 0 spiro atoms. The number of benzene rings is 1. The lowest BCUT2D eigenvalue weighted by Crippen LogP contribution is -2.29. The second-order valence-corrected chi connectivity index (χ2v) is 4.76. The Labute approximate surface area is 99.2 Å². The van der Waals surface area contributed by atoms with Crippen molar-refractivity contribution >= 4 is 0 Å². The van der Waals surface area contributed by atoms with Gasteiger partial charge in [0.15, 0.2) is 0 Å².